The van der Waals surface area contributed by atoms with Gasteiger partial charge in [-0.2, -0.15) is 0 Å². The van der Waals surface area contributed by atoms with Crippen LogP contribution >= 0.6 is 0 Å². The Morgan fingerprint density at radius 2 is 2.33 bits per heavy atom. The quantitative estimate of drug-likeness (QED) is 0.619. The van der Waals surface area contributed by atoms with Gasteiger partial charge in [0.1, 0.15) is 0 Å². The predicted octanol–water partition coefficient (Wildman–Crippen LogP) is 1.38. The Balaban J connectivity index is 2.12. The Morgan fingerprint density at radius 1 is 1.50 bits per heavy atom. The molecule has 94 valence electrons. The second-order valence-electron chi connectivity index (χ2n) is 4.12. The molecule has 6 heteroatoms. The molecule has 1 aliphatic carbocycles. The molecular formula is C12H12N2O3Se. The van der Waals surface area contributed by atoms with Crippen LogP contribution in [0.2, 0.25) is 0 Å². The Morgan fingerprint density at radius 3 is 3.11 bits per heavy atom. The normalized spacial score (nSPS) is 13.0. The second-order valence-corrected chi connectivity index (χ2v) is 5.88. The maximum absolute atomic E-state index is 11.8. The zero-order valence-electron chi connectivity index (χ0n) is 10.1. The molecule has 0 aliphatic heterocycles. The van der Waals surface area contributed by atoms with Gasteiger partial charge in [-0.15, -0.1) is 0 Å². The van der Waals surface area contributed by atoms with Crippen LogP contribution in [0.15, 0.2) is 4.42 Å². The van der Waals surface area contributed by atoms with Crippen LogP contribution < -0.4 is 0 Å². The van der Waals surface area contributed by atoms with Gasteiger partial charge in [-0.1, -0.05) is 0 Å². The third-order valence-electron chi connectivity index (χ3n) is 3.05. The summed E-state index contributed by atoms with van der Waals surface area (Å²) in [6.45, 7) is 4.01. The average Bonchev–Trinajstić information content (AvgIpc) is 2.93. The Bertz CT molecular complexity index is 615. The summed E-state index contributed by atoms with van der Waals surface area (Å²) >= 11 is 0.126. The summed E-state index contributed by atoms with van der Waals surface area (Å²) < 4.78 is 16.1. The van der Waals surface area contributed by atoms with Gasteiger partial charge in [0.05, 0.1) is 0 Å². The molecule has 2 aromatic heterocycles. The van der Waals surface area contributed by atoms with Gasteiger partial charge in [0.25, 0.3) is 0 Å². The van der Waals surface area contributed by atoms with Crippen molar-refractivity contribution in [3.63, 3.8) is 0 Å². The summed E-state index contributed by atoms with van der Waals surface area (Å²) in [4.78, 5) is 11.8. The molecule has 0 N–H and O–H groups in total. The monoisotopic (exact) mass is 312 g/mol. The van der Waals surface area contributed by atoms with E-state index in [-0.39, 0.29) is 14.7 Å². The Hall–Kier alpha value is -1.39. The van der Waals surface area contributed by atoms with Crippen LogP contribution in [0.1, 0.15) is 33.2 Å². The van der Waals surface area contributed by atoms with E-state index >= 15 is 0 Å². The van der Waals surface area contributed by atoms with E-state index < -0.39 is 5.97 Å². The molecular weight excluding hydrogens is 299 g/mol. The number of carbonyl (C=O) groups is 1. The van der Waals surface area contributed by atoms with Crippen molar-refractivity contribution in [2.24, 2.45) is 0 Å². The van der Waals surface area contributed by atoms with Crippen LogP contribution in [0.25, 0.3) is 11.3 Å². The van der Waals surface area contributed by atoms with E-state index in [4.69, 9.17) is 9.15 Å². The number of fused-ring (bicyclic) bond motifs is 3. The SMILES string of the molecule is CCOC(=O)c1oc2c(c1C)-c1nn[se]c1CC2. The molecule has 0 saturated heterocycles. The first-order valence-corrected chi connectivity index (χ1v) is 7.45. The van der Waals surface area contributed by atoms with Crippen molar-refractivity contribution in [1.29, 1.82) is 0 Å². The molecule has 0 aromatic carbocycles. The van der Waals surface area contributed by atoms with Gasteiger partial charge in [0.2, 0.25) is 0 Å². The molecule has 18 heavy (non-hydrogen) atoms. The molecule has 0 unspecified atom stereocenters. The summed E-state index contributed by atoms with van der Waals surface area (Å²) in [5, 5.41) is 4.20. The van der Waals surface area contributed by atoms with Crippen molar-refractivity contribution >= 4 is 20.7 Å². The molecule has 0 bridgehead atoms. The number of aromatic nitrogens is 2. The minimum absolute atomic E-state index is 0.126. The van der Waals surface area contributed by atoms with Gasteiger partial charge in [0, 0.05) is 0 Å². The van der Waals surface area contributed by atoms with Crippen LogP contribution in [0, 0.1) is 6.92 Å². The molecule has 0 saturated carbocycles. The van der Waals surface area contributed by atoms with Crippen LogP contribution in [0.3, 0.4) is 0 Å². The van der Waals surface area contributed by atoms with Crippen LogP contribution in [0.4, 0.5) is 0 Å². The number of nitrogens with zero attached hydrogens (tertiary/aromatic N) is 2. The predicted molar refractivity (Wildman–Crippen MR) is 64.8 cm³/mol. The van der Waals surface area contributed by atoms with Crippen molar-refractivity contribution in [1.82, 2.24) is 9.19 Å². The van der Waals surface area contributed by atoms with Gasteiger partial charge >= 0.3 is 110 Å². The minimum atomic E-state index is -0.396. The maximum atomic E-state index is 11.8. The number of ether oxygens (including phenoxy) is 1. The van der Waals surface area contributed by atoms with Crippen LogP contribution in [0.5, 0.6) is 0 Å². The van der Waals surface area contributed by atoms with Crippen LogP contribution in [-0.4, -0.2) is 36.5 Å². The summed E-state index contributed by atoms with van der Waals surface area (Å²) in [6, 6.07) is 0. The van der Waals surface area contributed by atoms with Gasteiger partial charge in [0.15, 0.2) is 0 Å². The fourth-order valence-electron chi connectivity index (χ4n) is 2.24. The standard InChI is InChI=1S/C12H12N2O3Se/c1-3-16-12(15)11-6(2)9-7(17-11)4-5-8-10(9)13-14-18-8/h3-5H2,1-2H3. The molecule has 3 rings (SSSR count). The van der Waals surface area contributed by atoms with E-state index in [0.717, 1.165) is 35.4 Å². The molecule has 0 fully saturated rings. The zero-order valence-corrected chi connectivity index (χ0v) is 11.9. The van der Waals surface area contributed by atoms with Gasteiger partial charge in [-0.3, -0.25) is 0 Å². The zero-order chi connectivity index (χ0) is 12.7. The molecule has 5 nitrogen and oxygen atoms in total. The number of rotatable bonds is 2. The molecule has 0 amide bonds. The Kier molecular flexibility index (Phi) is 2.84. The third-order valence-corrected chi connectivity index (χ3v) is 4.69. The molecule has 2 heterocycles. The summed E-state index contributed by atoms with van der Waals surface area (Å²) in [5.41, 5.74) is 2.71. The van der Waals surface area contributed by atoms with E-state index in [1.54, 1.807) is 6.92 Å². The molecule has 0 spiro atoms. The molecule has 2 aromatic rings. The number of hydrogen-bond donors (Lipinski definition) is 0. The first kappa shape index (κ1) is 11.7. The van der Waals surface area contributed by atoms with E-state index in [1.807, 2.05) is 6.92 Å². The number of carbonyl (C=O) groups excluding carboxylic acids is 1. The average molecular weight is 311 g/mol. The van der Waals surface area contributed by atoms with Crippen molar-refractivity contribution in [3.05, 3.63) is 21.5 Å². The third kappa shape index (κ3) is 1.64. The van der Waals surface area contributed by atoms with E-state index in [9.17, 15) is 4.79 Å². The van der Waals surface area contributed by atoms with Crippen molar-refractivity contribution in [2.45, 2.75) is 26.7 Å². The molecule has 0 atom stereocenters. The van der Waals surface area contributed by atoms with Gasteiger partial charge in [-0.05, 0) is 0 Å². The first-order chi connectivity index (χ1) is 8.72. The molecule has 1 aliphatic rings. The van der Waals surface area contributed by atoms with E-state index in [0.29, 0.717) is 12.4 Å². The second kappa shape index (κ2) is 4.37. The topological polar surface area (TPSA) is 65.2 Å². The number of esters is 1. The van der Waals surface area contributed by atoms with Crippen molar-refractivity contribution in [2.75, 3.05) is 6.61 Å². The van der Waals surface area contributed by atoms with E-state index in [1.165, 1.54) is 4.44 Å². The van der Waals surface area contributed by atoms with E-state index in [2.05, 4.69) is 9.19 Å². The summed E-state index contributed by atoms with van der Waals surface area (Å²) in [7, 11) is 0. The Labute approximate surface area is 110 Å². The van der Waals surface area contributed by atoms with Gasteiger partial charge in [-0.25, -0.2) is 0 Å². The van der Waals surface area contributed by atoms with Crippen molar-refractivity contribution < 1.29 is 13.9 Å². The molecule has 0 radical (unpaired) electrons. The van der Waals surface area contributed by atoms with Gasteiger partial charge < -0.3 is 0 Å². The summed E-state index contributed by atoms with van der Waals surface area (Å²) in [5.74, 6) is 0.753. The summed E-state index contributed by atoms with van der Waals surface area (Å²) in [6.07, 6.45) is 1.76. The van der Waals surface area contributed by atoms with Crippen LogP contribution in [-0.2, 0) is 17.6 Å². The van der Waals surface area contributed by atoms with Crippen molar-refractivity contribution in [3.8, 4) is 11.3 Å². The first-order valence-electron chi connectivity index (χ1n) is 5.83. The fourth-order valence-corrected chi connectivity index (χ4v) is 3.59. The number of aryl methyl sites for hydroxylation is 2. The fraction of sp³-hybridized carbons (Fsp3) is 0.417. The number of hydrogen-bond acceptors (Lipinski definition) is 5. The number of furan rings is 1.